The number of amides is 1. The first-order valence-electron chi connectivity index (χ1n) is 24.7. The van der Waals surface area contributed by atoms with Crippen molar-refractivity contribution >= 4 is 19.7 Å². The van der Waals surface area contributed by atoms with E-state index in [1.807, 2.05) is 0 Å². The second-order valence-corrected chi connectivity index (χ2v) is 17.5. The minimum absolute atomic E-state index is 0.0629. The van der Waals surface area contributed by atoms with E-state index < -0.39 is 26.5 Å². The van der Waals surface area contributed by atoms with Gasteiger partial charge in [0.1, 0.15) is 12.7 Å². The van der Waals surface area contributed by atoms with Crippen LogP contribution in [0.3, 0.4) is 0 Å². The molecule has 63 heavy (non-hydrogen) atoms. The maximum atomic E-state index is 12.1. The number of rotatable bonds is 45. The fourth-order valence-electron chi connectivity index (χ4n) is 6.23. The van der Waals surface area contributed by atoms with Gasteiger partial charge in [-0.05, 0) is 103 Å². The molecule has 0 aliphatic carbocycles. The summed E-state index contributed by atoms with van der Waals surface area (Å²) < 4.78 is 26.9. The molecule has 0 saturated carbocycles. The fourth-order valence-corrected chi connectivity index (χ4v) is 6.99. The molecule has 0 saturated heterocycles. The summed E-state index contributed by atoms with van der Waals surface area (Å²) in [6.07, 6.45) is 63.3. The van der Waals surface area contributed by atoms with E-state index >= 15 is 0 Å². The first kappa shape index (κ1) is 59.9. The van der Waals surface area contributed by atoms with Crippen molar-refractivity contribution < 1.29 is 37.9 Å². The third-order valence-electron chi connectivity index (χ3n) is 9.99. The zero-order valence-electron chi connectivity index (χ0n) is 39.7. The van der Waals surface area contributed by atoms with E-state index in [4.69, 9.17) is 13.8 Å². The van der Waals surface area contributed by atoms with E-state index in [-0.39, 0.29) is 32.1 Å². The third-order valence-corrected chi connectivity index (χ3v) is 11.0. The maximum absolute atomic E-state index is 12.1. The molecule has 2 atom stereocenters. The van der Waals surface area contributed by atoms with E-state index in [0.29, 0.717) is 12.8 Å². The lowest BCUT2D eigenvalue weighted by atomic mass is 10.1. The molecule has 1 amide bonds. The van der Waals surface area contributed by atoms with Gasteiger partial charge < -0.3 is 20.1 Å². The van der Waals surface area contributed by atoms with Crippen LogP contribution in [-0.4, -0.2) is 54.3 Å². The number of carbonyl (C=O) groups is 2. The predicted octanol–water partition coefficient (Wildman–Crippen LogP) is 14.6. The van der Waals surface area contributed by atoms with E-state index in [0.717, 1.165) is 109 Å². The van der Waals surface area contributed by atoms with Crippen LogP contribution in [0, 0.1) is 0 Å². The quantitative estimate of drug-likeness (QED) is 0.0238. The Bertz CT molecular complexity index is 1350. The molecule has 0 heterocycles. The highest BCUT2D eigenvalue weighted by atomic mass is 31.2. The highest BCUT2D eigenvalue weighted by Gasteiger charge is 2.23. The lowest BCUT2D eigenvalue weighted by Gasteiger charge is -2.15. The highest BCUT2D eigenvalue weighted by molar-refractivity contribution is 7.47. The number of phosphoric acid groups is 1. The number of nitrogens with one attached hydrogen (secondary N) is 1. The van der Waals surface area contributed by atoms with Crippen molar-refractivity contribution in [3.8, 4) is 0 Å². The van der Waals surface area contributed by atoms with Gasteiger partial charge in [-0.15, -0.1) is 0 Å². The monoisotopic (exact) mass is 900 g/mol. The maximum Gasteiger partial charge on any atom is 0.472 e. The van der Waals surface area contributed by atoms with Crippen LogP contribution in [0.25, 0.3) is 0 Å². The number of hydrogen-bond acceptors (Lipinski definition) is 7. The summed E-state index contributed by atoms with van der Waals surface area (Å²) >= 11 is 0. The average Bonchev–Trinajstić information content (AvgIpc) is 3.27. The summed E-state index contributed by atoms with van der Waals surface area (Å²) in [5.74, 6) is -0.559. The second-order valence-electron chi connectivity index (χ2n) is 16.1. The minimum atomic E-state index is -4.44. The van der Waals surface area contributed by atoms with Crippen molar-refractivity contribution in [1.82, 2.24) is 5.32 Å². The molecule has 0 aliphatic heterocycles. The van der Waals surface area contributed by atoms with Gasteiger partial charge in [0, 0.05) is 19.4 Å². The minimum Gasteiger partial charge on any atom is -0.463 e. The van der Waals surface area contributed by atoms with Crippen molar-refractivity contribution in [2.75, 3.05) is 26.4 Å². The Morgan fingerprint density at radius 3 is 1.29 bits per heavy atom. The number of hydrogen-bond donors (Lipinski definition) is 3. The average molecular weight is 900 g/mol. The van der Waals surface area contributed by atoms with Crippen molar-refractivity contribution in [2.24, 2.45) is 0 Å². The zero-order chi connectivity index (χ0) is 46.0. The van der Waals surface area contributed by atoms with Crippen LogP contribution in [0.15, 0.2) is 97.2 Å². The molecule has 10 heteroatoms. The molecule has 360 valence electrons. The molecule has 0 aromatic rings. The summed E-state index contributed by atoms with van der Waals surface area (Å²) in [4.78, 5) is 34.0. The number of aliphatic hydroxyl groups excluding tert-OH is 1. The molecule has 0 spiro atoms. The van der Waals surface area contributed by atoms with Gasteiger partial charge in [0.05, 0.1) is 13.2 Å². The number of esters is 1. The van der Waals surface area contributed by atoms with Crippen LogP contribution in [0.5, 0.6) is 0 Å². The molecule has 0 aromatic heterocycles. The Balaban J connectivity index is 3.68. The Morgan fingerprint density at radius 1 is 0.492 bits per heavy atom. The van der Waals surface area contributed by atoms with Crippen LogP contribution >= 0.6 is 7.82 Å². The molecule has 2 unspecified atom stereocenters. The summed E-state index contributed by atoms with van der Waals surface area (Å²) in [6.45, 7) is 3.44. The van der Waals surface area contributed by atoms with Gasteiger partial charge in [0.25, 0.3) is 0 Å². The summed E-state index contributed by atoms with van der Waals surface area (Å²) in [6, 6.07) is 0. The Hall–Kier alpha value is -3.07. The van der Waals surface area contributed by atoms with Gasteiger partial charge in [0.15, 0.2) is 0 Å². The fraction of sp³-hybridized carbons (Fsp3) is 0.660. The number of unbranched alkanes of at least 4 members (excludes halogenated alkanes) is 16. The van der Waals surface area contributed by atoms with Crippen LogP contribution in [0.2, 0.25) is 0 Å². The van der Waals surface area contributed by atoms with Gasteiger partial charge in [-0.3, -0.25) is 18.6 Å². The molecule has 0 fully saturated rings. The smallest absolute Gasteiger partial charge is 0.463 e. The predicted molar refractivity (Wildman–Crippen MR) is 265 cm³/mol. The van der Waals surface area contributed by atoms with E-state index in [1.54, 1.807) is 0 Å². The van der Waals surface area contributed by atoms with Crippen molar-refractivity contribution in [1.29, 1.82) is 0 Å². The van der Waals surface area contributed by atoms with Crippen LogP contribution in [0.4, 0.5) is 0 Å². The topological polar surface area (TPSA) is 131 Å². The molecule has 0 aliphatic rings. The van der Waals surface area contributed by atoms with Gasteiger partial charge in [-0.1, -0.05) is 175 Å². The van der Waals surface area contributed by atoms with Gasteiger partial charge in [-0.2, -0.15) is 0 Å². The van der Waals surface area contributed by atoms with E-state index in [2.05, 4.69) is 116 Å². The highest BCUT2D eigenvalue weighted by Crippen LogP contribution is 2.42. The largest absolute Gasteiger partial charge is 0.472 e. The molecule has 0 bridgehead atoms. The molecular weight excluding hydrogens is 810 g/mol. The number of aliphatic hydroxyl groups is 1. The lowest BCUT2D eigenvalue weighted by Crippen LogP contribution is -2.27. The standard InChI is InChI=1S/C53H90NO8P/c1-3-5-7-9-11-13-15-17-19-21-23-25-27-29-31-33-35-37-39-41-43-45-52(56)54-47-48-61-63(58,59)62-50-51(55)49-60-53(57)46-44-42-40-38-36-34-32-30-28-26-24-22-20-18-16-14-12-10-8-6-4-2/h11-14,17-20,23-26,29-32,51,55H,3-10,15-16,21-22,27-28,33-50H2,1-2H3,(H,54,56)(H,58,59)/b13-11-,14-12-,19-17-,20-18-,25-23-,26-24-,31-29-,32-30-. The van der Waals surface area contributed by atoms with Gasteiger partial charge in [0.2, 0.25) is 5.91 Å². The lowest BCUT2D eigenvalue weighted by molar-refractivity contribution is -0.147. The first-order valence-corrected chi connectivity index (χ1v) is 26.2. The van der Waals surface area contributed by atoms with E-state index in [9.17, 15) is 24.2 Å². The number of carbonyl (C=O) groups excluding carboxylic acids is 2. The summed E-state index contributed by atoms with van der Waals surface area (Å²) in [5.41, 5.74) is 0. The molecule has 0 radical (unpaired) electrons. The van der Waals surface area contributed by atoms with Crippen LogP contribution < -0.4 is 5.32 Å². The molecule has 0 aromatic carbocycles. The second kappa shape index (κ2) is 48.4. The van der Waals surface area contributed by atoms with Crippen LogP contribution in [0.1, 0.15) is 194 Å². The first-order chi connectivity index (χ1) is 30.8. The van der Waals surface area contributed by atoms with Crippen molar-refractivity contribution in [3.05, 3.63) is 97.2 Å². The zero-order valence-corrected chi connectivity index (χ0v) is 40.6. The van der Waals surface area contributed by atoms with Crippen molar-refractivity contribution in [3.63, 3.8) is 0 Å². The SMILES string of the molecule is CCCCC/C=C\C/C=C\C/C=C\C/C=C\CCCCCCCC(=O)NCCOP(=O)(O)OCC(O)COC(=O)CCCCCCC/C=C\C/C=C\C/C=C\C/C=C\CCCCC. The van der Waals surface area contributed by atoms with E-state index in [1.165, 1.54) is 51.4 Å². The van der Waals surface area contributed by atoms with Crippen LogP contribution in [-0.2, 0) is 27.9 Å². The summed E-state index contributed by atoms with van der Waals surface area (Å²) in [7, 11) is -4.44. The summed E-state index contributed by atoms with van der Waals surface area (Å²) in [5, 5.41) is 12.7. The Kier molecular flexibility index (Phi) is 46.0. The van der Waals surface area contributed by atoms with Gasteiger partial charge >= 0.3 is 13.8 Å². The molecular formula is C53H90NO8P. The molecule has 9 nitrogen and oxygen atoms in total. The van der Waals surface area contributed by atoms with Crippen molar-refractivity contribution in [2.45, 2.75) is 200 Å². The number of phosphoric ester groups is 1. The molecule has 3 N–H and O–H groups in total. The number of allylic oxidation sites excluding steroid dienone is 16. The normalized spacial score (nSPS) is 14.0. The van der Waals surface area contributed by atoms with Gasteiger partial charge in [-0.25, -0.2) is 4.57 Å². The molecule has 0 rings (SSSR count). The number of ether oxygens (including phenoxy) is 1. The third kappa shape index (κ3) is 49.8. The Morgan fingerprint density at radius 2 is 0.857 bits per heavy atom. The Labute approximate surface area is 385 Å².